The molecule has 0 aliphatic carbocycles. The molecule has 0 atom stereocenters. The Morgan fingerprint density at radius 3 is 2.24 bits per heavy atom. The molecule has 1 aromatic heterocycles. The number of benzene rings is 2. The van der Waals surface area contributed by atoms with Crippen LogP contribution >= 0.6 is 0 Å². The number of nitrogens with one attached hydrogen (secondary N) is 3. The summed E-state index contributed by atoms with van der Waals surface area (Å²) in [6.45, 7) is 8.91. The molecule has 2 heterocycles. The highest BCUT2D eigenvalue weighted by Gasteiger charge is 2.37. The first-order valence-electron chi connectivity index (χ1n) is 11.1. The second kappa shape index (κ2) is 8.90. The van der Waals surface area contributed by atoms with Crippen LogP contribution in [0.1, 0.15) is 50.9 Å². The molecule has 0 saturated carbocycles. The summed E-state index contributed by atoms with van der Waals surface area (Å²) in [7, 11) is 0. The third-order valence-electron chi connectivity index (χ3n) is 5.71. The number of anilines is 2. The van der Waals surface area contributed by atoms with E-state index in [2.05, 4.69) is 48.6 Å². The zero-order valence-corrected chi connectivity index (χ0v) is 19.4. The van der Waals surface area contributed by atoms with Crippen molar-refractivity contribution in [2.75, 3.05) is 10.6 Å². The maximum atomic E-state index is 13.1. The van der Waals surface area contributed by atoms with Crippen molar-refractivity contribution in [3.8, 4) is 11.4 Å². The molecule has 1 saturated heterocycles. The maximum absolute atomic E-state index is 13.1. The minimum atomic E-state index is -0.375. The van der Waals surface area contributed by atoms with E-state index < -0.39 is 0 Å². The summed E-state index contributed by atoms with van der Waals surface area (Å²) >= 11 is 0. The highest BCUT2D eigenvalue weighted by Crippen LogP contribution is 2.30. The Morgan fingerprint density at radius 2 is 1.61 bits per heavy atom. The fraction of sp³-hybridized carbons (Fsp3) is 0.346. The minimum absolute atomic E-state index is 0.0451. The molecule has 172 valence electrons. The summed E-state index contributed by atoms with van der Waals surface area (Å²) < 4.78 is 13.1. The number of hydrogen-bond acceptors (Lipinski definition) is 5. The van der Waals surface area contributed by atoms with Gasteiger partial charge in [-0.15, -0.1) is 0 Å². The number of carbonyl (C=O) groups is 1. The van der Waals surface area contributed by atoms with Gasteiger partial charge in [-0.1, -0.05) is 0 Å². The van der Waals surface area contributed by atoms with E-state index in [9.17, 15) is 9.18 Å². The molecule has 7 heteroatoms. The van der Waals surface area contributed by atoms with Crippen LogP contribution in [0.5, 0.6) is 0 Å². The molecule has 0 unspecified atom stereocenters. The quantitative estimate of drug-likeness (QED) is 0.497. The van der Waals surface area contributed by atoms with Gasteiger partial charge < -0.3 is 16.0 Å². The fourth-order valence-corrected chi connectivity index (χ4v) is 4.72. The standard InChI is InChI=1S/C26H30FN5O/c1-25(2)15-21(16-26(3,4)32-25)29-22-13-14-28-23(31-22)17-7-11-20(12-8-17)30-24(33)18-5-9-19(27)10-6-18/h5-14,21,32H,15-16H2,1-4H3,(H,30,33)(H,28,29,31). The summed E-state index contributed by atoms with van der Waals surface area (Å²) in [5, 5.41) is 10.1. The van der Waals surface area contributed by atoms with Crippen molar-refractivity contribution >= 4 is 17.4 Å². The molecule has 1 aliphatic heterocycles. The highest BCUT2D eigenvalue weighted by molar-refractivity contribution is 6.04. The van der Waals surface area contributed by atoms with Crippen LogP contribution in [-0.2, 0) is 0 Å². The zero-order valence-electron chi connectivity index (χ0n) is 19.4. The van der Waals surface area contributed by atoms with E-state index >= 15 is 0 Å². The third kappa shape index (κ3) is 5.93. The first kappa shape index (κ1) is 22.9. The second-order valence-electron chi connectivity index (χ2n) is 9.95. The van der Waals surface area contributed by atoms with Crippen LogP contribution in [0, 0.1) is 5.82 Å². The molecule has 3 aromatic rings. The van der Waals surface area contributed by atoms with Crippen molar-refractivity contribution in [1.29, 1.82) is 0 Å². The minimum Gasteiger partial charge on any atom is -0.367 e. The van der Waals surface area contributed by atoms with Gasteiger partial charge >= 0.3 is 0 Å². The SMILES string of the molecule is CC1(C)CC(Nc2ccnc(-c3ccc(NC(=O)c4ccc(F)cc4)cc3)n2)CC(C)(C)N1. The first-order chi connectivity index (χ1) is 15.6. The summed E-state index contributed by atoms with van der Waals surface area (Å²) in [5.41, 5.74) is 1.98. The first-order valence-corrected chi connectivity index (χ1v) is 11.1. The van der Waals surface area contributed by atoms with E-state index in [1.807, 2.05) is 18.2 Å². The van der Waals surface area contributed by atoms with Crippen molar-refractivity contribution in [2.45, 2.75) is 57.7 Å². The van der Waals surface area contributed by atoms with Gasteiger partial charge in [-0.2, -0.15) is 0 Å². The van der Waals surface area contributed by atoms with Gasteiger partial charge in [0.05, 0.1) is 0 Å². The van der Waals surface area contributed by atoms with Gasteiger partial charge in [0.1, 0.15) is 11.6 Å². The predicted molar refractivity (Wildman–Crippen MR) is 130 cm³/mol. The lowest BCUT2D eigenvalue weighted by atomic mass is 9.79. The Morgan fingerprint density at radius 1 is 0.970 bits per heavy atom. The molecule has 2 aromatic carbocycles. The number of nitrogens with zero attached hydrogens (tertiary/aromatic N) is 2. The number of carbonyl (C=O) groups excluding carboxylic acids is 1. The molecular formula is C26H30FN5O. The fourth-order valence-electron chi connectivity index (χ4n) is 4.72. The Bertz CT molecular complexity index is 1110. The molecule has 1 fully saturated rings. The van der Waals surface area contributed by atoms with Gasteiger partial charge in [-0.25, -0.2) is 14.4 Å². The zero-order chi connectivity index (χ0) is 23.6. The van der Waals surface area contributed by atoms with Crippen molar-refractivity contribution < 1.29 is 9.18 Å². The van der Waals surface area contributed by atoms with Crippen LogP contribution in [0.15, 0.2) is 60.8 Å². The number of amides is 1. The van der Waals surface area contributed by atoms with Crippen LogP contribution < -0.4 is 16.0 Å². The smallest absolute Gasteiger partial charge is 0.255 e. The number of aromatic nitrogens is 2. The predicted octanol–water partition coefficient (Wildman–Crippen LogP) is 5.26. The molecule has 3 N–H and O–H groups in total. The van der Waals surface area contributed by atoms with Gasteiger partial charge in [0.25, 0.3) is 5.91 Å². The average Bonchev–Trinajstić information content (AvgIpc) is 2.72. The summed E-state index contributed by atoms with van der Waals surface area (Å²) in [6.07, 6.45) is 3.75. The van der Waals surface area contributed by atoms with Crippen molar-refractivity contribution in [3.05, 3.63) is 72.2 Å². The lowest BCUT2D eigenvalue weighted by Gasteiger charge is -2.46. The maximum Gasteiger partial charge on any atom is 0.255 e. The van der Waals surface area contributed by atoms with Gasteiger partial charge in [0, 0.05) is 40.1 Å². The number of halogens is 1. The van der Waals surface area contributed by atoms with Gasteiger partial charge in [0.2, 0.25) is 0 Å². The normalized spacial score (nSPS) is 17.4. The molecule has 4 rings (SSSR count). The summed E-state index contributed by atoms with van der Waals surface area (Å²) in [6, 6.07) is 15.0. The second-order valence-corrected chi connectivity index (χ2v) is 9.95. The van der Waals surface area contributed by atoms with E-state index in [1.165, 1.54) is 24.3 Å². The monoisotopic (exact) mass is 447 g/mol. The van der Waals surface area contributed by atoms with Crippen molar-refractivity contribution in [3.63, 3.8) is 0 Å². The number of hydrogen-bond donors (Lipinski definition) is 3. The van der Waals surface area contributed by atoms with Crippen LogP contribution in [0.25, 0.3) is 11.4 Å². The van der Waals surface area contributed by atoms with Crippen LogP contribution in [0.3, 0.4) is 0 Å². The Hall–Kier alpha value is -3.32. The molecule has 6 nitrogen and oxygen atoms in total. The molecule has 0 spiro atoms. The van der Waals surface area contributed by atoms with Crippen molar-refractivity contribution in [2.24, 2.45) is 0 Å². The molecule has 1 aliphatic rings. The Balaban J connectivity index is 1.44. The van der Waals surface area contributed by atoms with E-state index in [4.69, 9.17) is 4.98 Å². The average molecular weight is 448 g/mol. The Labute approximate surface area is 194 Å². The van der Waals surface area contributed by atoms with E-state index in [0.717, 1.165) is 24.2 Å². The lowest BCUT2D eigenvalue weighted by molar-refractivity contribution is 0.102. The lowest BCUT2D eigenvalue weighted by Crippen LogP contribution is -2.60. The van der Waals surface area contributed by atoms with Gasteiger partial charge in [-0.3, -0.25) is 4.79 Å². The van der Waals surface area contributed by atoms with Crippen molar-refractivity contribution in [1.82, 2.24) is 15.3 Å². The Kier molecular flexibility index (Phi) is 6.17. The molecule has 33 heavy (non-hydrogen) atoms. The van der Waals surface area contributed by atoms with Crippen LogP contribution in [0.4, 0.5) is 15.9 Å². The highest BCUT2D eigenvalue weighted by atomic mass is 19.1. The summed E-state index contributed by atoms with van der Waals surface area (Å²) in [4.78, 5) is 21.5. The third-order valence-corrected chi connectivity index (χ3v) is 5.71. The van der Waals surface area contributed by atoms with E-state index in [-0.39, 0.29) is 22.8 Å². The molecule has 0 bridgehead atoms. The van der Waals surface area contributed by atoms with Gasteiger partial charge in [-0.05, 0) is 95.1 Å². The molecular weight excluding hydrogens is 417 g/mol. The largest absolute Gasteiger partial charge is 0.367 e. The summed E-state index contributed by atoms with van der Waals surface area (Å²) in [5.74, 6) is 0.745. The molecule has 1 amide bonds. The van der Waals surface area contributed by atoms with E-state index in [0.29, 0.717) is 23.1 Å². The van der Waals surface area contributed by atoms with Crippen LogP contribution in [-0.4, -0.2) is 33.0 Å². The van der Waals surface area contributed by atoms with E-state index in [1.54, 1.807) is 18.3 Å². The van der Waals surface area contributed by atoms with Gasteiger partial charge in [0.15, 0.2) is 5.82 Å². The van der Waals surface area contributed by atoms with Crippen LogP contribution in [0.2, 0.25) is 0 Å². The molecule has 0 radical (unpaired) electrons. The topological polar surface area (TPSA) is 78.9 Å². The number of piperidine rings is 1. The number of rotatable bonds is 5.